The highest BCUT2D eigenvalue weighted by molar-refractivity contribution is 7.71. The summed E-state index contributed by atoms with van der Waals surface area (Å²) in [6.07, 6.45) is 8.89. The Bertz CT molecular complexity index is 2080. The molecule has 0 spiro atoms. The number of nitrogens with zero attached hydrogens (tertiary/aromatic N) is 8. The van der Waals surface area contributed by atoms with E-state index >= 15 is 0 Å². The van der Waals surface area contributed by atoms with E-state index in [9.17, 15) is 4.57 Å². The minimum atomic E-state index is -2.78. The Kier molecular flexibility index (Phi) is 8.37. The van der Waals surface area contributed by atoms with Crippen molar-refractivity contribution in [3.05, 3.63) is 61.3 Å². The van der Waals surface area contributed by atoms with Crippen LogP contribution in [0.4, 0.5) is 28.8 Å². The number of anilines is 5. The zero-order valence-electron chi connectivity index (χ0n) is 27.0. The van der Waals surface area contributed by atoms with Crippen LogP contribution in [0.15, 0.2) is 61.3 Å². The van der Waals surface area contributed by atoms with Gasteiger partial charge in [0.1, 0.15) is 29.9 Å². The molecular formula is C32H38N11O2P. The summed E-state index contributed by atoms with van der Waals surface area (Å²) in [5.74, 6) is 1.52. The van der Waals surface area contributed by atoms with Crippen LogP contribution in [-0.2, 0) is 11.6 Å². The monoisotopic (exact) mass is 639 g/mol. The molecule has 2 aromatic carbocycles. The normalized spacial score (nSPS) is 11.8. The van der Waals surface area contributed by atoms with Crippen molar-refractivity contribution in [2.24, 2.45) is 7.05 Å². The maximum atomic E-state index is 13.5. The molecule has 0 aliphatic heterocycles. The number of methoxy groups -OCH3 is 1. The van der Waals surface area contributed by atoms with Crippen molar-refractivity contribution in [2.75, 3.05) is 70.2 Å². The van der Waals surface area contributed by atoms with Gasteiger partial charge in [-0.3, -0.25) is 14.6 Å². The Hall–Kier alpha value is -5.00. The van der Waals surface area contributed by atoms with Crippen molar-refractivity contribution in [3.8, 4) is 16.9 Å². The molecule has 0 unspecified atom stereocenters. The van der Waals surface area contributed by atoms with Crippen LogP contribution in [0.25, 0.3) is 33.2 Å². The fourth-order valence-corrected chi connectivity index (χ4v) is 6.81. The third kappa shape index (κ3) is 6.24. The van der Waals surface area contributed by atoms with Crippen molar-refractivity contribution < 1.29 is 9.30 Å². The maximum Gasteiger partial charge on any atom is 0.231 e. The molecule has 0 amide bonds. The van der Waals surface area contributed by atoms with Crippen LogP contribution in [0.1, 0.15) is 0 Å². The Morgan fingerprint density at radius 3 is 2.52 bits per heavy atom. The highest BCUT2D eigenvalue weighted by atomic mass is 31.2. The van der Waals surface area contributed by atoms with Gasteiger partial charge in [0, 0.05) is 74.9 Å². The molecule has 0 aliphatic rings. The van der Waals surface area contributed by atoms with Gasteiger partial charge in [0.05, 0.1) is 40.9 Å². The standard InChI is InChI=1S/C32H38N11O2P/c1-41(2)14-15-42(3)26-17-27(45-5)25(16-22(26)20-18-36-43(4)19-20)38-32-39-30-21(10-11-35-30)31(40-32)37-24-9-8-23-28(34-13-12-33-23)29(24)46(6,7)44/h8-13,16-19H,14-15H2,1-7H3,(H3,35,37,38,39,40). The van der Waals surface area contributed by atoms with Gasteiger partial charge in [-0.05, 0) is 51.7 Å². The molecule has 0 bridgehead atoms. The fourth-order valence-electron chi connectivity index (χ4n) is 5.42. The molecule has 4 heterocycles. The lowest BCUT2D eigenvalue weighted by molar-refractivity contribution is 0.413. The van der Waals surface area contributed by atoms with E-state index in [1.54, 1.807) is 37.5 Å². The third-order valence-electron chi connectivity index (χ3n) is 7.70. The van der Waals surface area contributed by atoms with Crippen molar-refractivity contribution in [1.82, 2.24) is 39.6 Å². The molecular weight excluding hydrogens is 601 g/mol. The average Bonchev–Trinajstić information content (AvgIpc) is 3.68. The molecule has 6 rings (SSSR count). The summed E-state index contributed by atoms with van der Waals surface area (Å²) >= 11 is 0. The molecule has 0 radical (unpaired) electrons. The van der Waals surface area contributed by atoms with E-state index in [1.165, 1.54) is 0 Å². The van der Waals surface area contributed by atoms with Gasteiger partial charge in [-0.1, -0.05) is 0 Å². The predicted molar refractivity (Wildman–Crippen MR) is 186 cm³/mol. The molecule has 3 N–H and O–H groups in total. The van der Waals surface area contributed by atoms with E-state index in [1.807, 2.05) is 56.0 Å². The summed E-state index contributed by atoms with van der Waals surface area (Å²) < 4.78 is 21.2. The number of hydrogen-bond acceptors (Lipinski definition) is 11. The largest absolute Gasteiger partial charge is 0.494 e. The molecule has 46 heavy (non-hydrogen) atoms. The van der Waals surface area contributed by atoms with E-state index in [2.05, 4.69) is 61.6 Å². The van der Waals surface area contributed by atoms with Crippen molar-refractivity contribution in [3.63, 3.8) is 0 Å². The van der Waals surface area contributed by atoms with Crippen molar-refractivity contribution in [1.29, 1.82) is 0 Å². The molecule has 238 valence electrons. The van der Waals surface area contributed by atoms with Gasteiger partial charge in [0.15, 0.2) is 0 Å². The Morgan fingerprint density at radius 2 is 1.80 bits per heavy atom. The van der Waals surface area contributed by atoms with Crippen LogP contribution in [-0.4, -0.2) is 94.3 Å². The molecule has 0 fully saturated rings. The molecule has 0 atom stereocenters. The smallest absolute Gasteiger partial charge is 0.231 e. The minimum Gasteiger partial charge on any atom is -0.494 e. The Labute approximate surface area is 267 Å². The first-order chi connectivity index (χ1) is 22.0. The van der Waals surface area contributed by atoms with Crippen LogP contribution in [0, 0.1) is 0 Å². The molecule has 0 aliphatic carbocycles. The number of aromatic nitrogens is 7. The zero-order chi connectivity index (χ0) is 32.6. The number of H-pyrrole nitrogens is 1. The lowest BCUT2D eigenvalue weighted by atomic mass is 10.0. The van der Waals surface area contributed by atoms with Crippen molar-refractivity contribution >= 4 is 63.3 Å². The number of ether oxygens (including phenoxy) is 1. The van der Waals surface area contributed by atoms with Crippen LogP contribution in [0.5, 0.6) is 5.75 Å². The average molecular weight is 640 g/mol. The second-order valence-corrected chi connectivity index (χ2v) is 15.0. The summed E-state index contributed by atoms with van der Waals surface area (Å²) in [5, 5.41) is 12.7. The third-order valence-corrected chi connectivity index (χ3v) is 9.22. The van der Waals surface area contributed by atoms with Crippen LogP contribution in [0.2, 0.25) is 0 Å². The minimum absolute atomic E-state index is 0.347. The highest BCUT2D eigenvalue weighted by Crippen LogP contribution is 2.42. The molecule has 14 heteroatoms. The molecule has 0 saturated carbocycles. The summed E-state index contributed by atoms with van der Waals surface area (Å²) in [5.41, 5.74) is 6.21. The quantitative estimate of drug-likeness (QED) is 0.164. The number of nitrogens with one attached hydrogen (secondary N) is 3. The van der Waals surface area contributed by atoms with E-state index < -0.39 is 7.14 Å². The van der Waals surface area contributed by atoms with Gasteiger partial charge in [-0.25, -0.2) is 0 Å². The summed E-state index contributed by atoms with van der Waals surface area (Å²) in [6.45, 7) is 5.17. The highest BCUT2D eigenvalue weighted by Gasteiger charge is 2.23. The molecule has 6 aromatic rings. The number of likely N-dealkylation sites (N-methyl/N-ethyl adjacent to an activating group) is 2. The van der Waals surface area contributed by atoms with Gasteiger partial charge in [0.25, 0.3) is 0 Å². The predicted octanol–water partition coefficient (Wildman–Crippen LogP) is 5.04. The summed E-state index contributed by atoms with van der Waals surface area (Å²) in [7, 11) is 6.96. The first-order valence-electron chi connectivity index (χ1n) is 14.8. The number of rotatable bonds is 11. The second kappa shape index (κ2) is 12.4. The summed E-state index contributed by atoms with van der Waals surface area (Å²) in [6, 6.07) is 9.69. The lowest BCUT2D eigenvalue weighted by Gasteiger charge is -2.25. The number of benzene rings is 2. The second-order valence-electron chi connectivity index (χ2n) is 11.8. The number of aromatic amines is 1. The number of fused-ring (bicyclic) bond motifs is 2. The Balaban J connectivity index is 1.43. The van der Waals surface area contributed by atoms with Gasteiger partial charge in [-0.15, -0.1) is 0 Å². The van der Waals surface area contributed by atoms with E-state index in [0.29, 0.717) is 50.9 Å². The fraction of sp³-hybridized carbons (Fsp3) is 0.281. The zero-order valence-corrected chi connectivity index (χ0v) is 27.9. The first-order valence-corrected chi connectivity index (χ1v) is 17.4. The lowest BCUT2D eigenvalue weighted by Crippen LogP contribution is -2.28. The van der Waals surface area contributed by atoms with Crippen LogP contribution >= 0.6 is 7.14 Å². The van der Waals surface area contributed by atoms with Crippen molar-refractivity contribution in [2.45, 2.75) is 0 Å². The number of hydrogen-bond donors (Lipinski definition) is 3. The number of aryl methyl sites for hydroxylation is 1. The molecule has 13 nitrogen and oxygen atoms in total. The van der Waals surface area contributed by atoms with Gasteiger partial charge in [-0.2, -0.15) is 15.1 Å². The van der Waals surface area contributed by atoms with Crippen LogP contribution in [0.3, 0.4) is 0 Å². The van der Waals surface area contributed by atoms with E-state index in [0.717, 1.165) is 35.3 Å². The summed E-state index contributed by atoms with van der Waals surface area (Å²) in [4.78, 5) is 26.1. The van der Waals surface area contributed by atoms with E-state index in [4.69, 9.17) is 14.7 Å². The van der Waals surface area contributed by atoms with Gasteiger partial charge in [0.2, 0.25) is 5.95 Å². The van der Waals surface area contributed by atoms with Crippen LogP contribution < -0.4 is 25.6 Å². The van der Waals surface area contributed by atoms with E-state index in [-0.39, 0.29) is 0 Å². The van der Waals surface area contributed by atoms with Gasteiger partial charge >= 0.3 is 0 Å². The first kappa shape index (κ1) is 31.0. The topological polar surface area (TPSA) is 142 Å². The van der Waals surface area contributed by atoms with Gasteiger partial charge < -0.3 is 34.7 Å². The maximum absolute atomic E-state index is 13.5. The molecule has 4 aromatic heterocycles. The Morgan fingerprint density at radius 1 is 1.00 bits per heavy atom. The SMILES string of the molecule is COc1cc(N(C)CCN(C)C)c(-c2cnn(C)c2)cc1Nc1nc(Nc2ccc3nccnc3c2P(C)(C)=O)c2cc[nH]c2n1. The molecule has 0 saturated heterocycles.